The Balaban J connectivity index is 1.70. The molecule has 5 rings (SSSR count). The third-order valence-electron chi connectivity index (χ3n) is 6.14. The van der Waals surface area contributed by atoms with Crippen LogP contribution >= 0.6 is 23.2 Å². The number of methoxy groups -OCH3 is 2. The molecule has 0 saturated heterocycles. The maximum atomic E-state index is 13.6. The number of benzene rings is 3. The summed E-state index contributed by atoms with van der Waals surface area (Å²) in [4.78, 5) is 0. The molecule has 154 valence electrons. The monoisotopic (exact) mass is 444 g/mol. The first-order valence-corrected chi connectivity index (χ1v) is 10.3. The van der Waals surface area contributed by atoms with Gasteiger partial charge in [-0.2, -0.15) is 0 Å². The van der Waals surface area contributed by atoms with Crippen molar-refractivity contribution < 1.29 is 18.6 Å². The maximum absolute atomic E-state index is 13.6. The molecule has 0 aromatic heterocycles. The molecule has 3 aromatic carbocycles. The van der Waals surface area contributed by atoms with E-state index in [1.54, 1.807) is 26.4 Å². The summed E-state index contributed by atoms with van der Waals surface area (Å²) in [6.07, 6.45) is 0. The lowest BCUT2D eigenvalue weighted by molar-refractivity contribution is 0.137. The lowest BCUT2D eigenvalue weighted by Gasteiger charge is -2.32. The molecule has 0 unspecified atom stereocenters. The SMILES string of the molecule is COc1ccc([C@@]23Oc4ccccc4[C@@H](c4ccc(F)cc4)[C@H]2C3(Cl)Cl)cc1OC. The van der Waals surface area contributed by atoms with Crippen LogP contribution in [0.2, 0.25) is 0 Å². The van der Waals surface area contributed by atoms with Crippen LogP contribution in [-0.4, -0.2) is 18.6 Å². The van der Waals surface area contributed by atoms with Gasteiger partial charge in [-0.1, -0.05) is 59.6 Å². The van der Waals surface area contributed by atoms with E-state index in [0.717, 1.165) is 16.7 Å². The van der Waals surface area contributed by atoms with Crippen molar-refractivity contribution in [1.82, 2.24) is 0 Å². The summed E-state index contributed by atoms with van der Waals surface area (Å²) in [6, 6.07) is 19.8. The van der Waals surface area contributed by atoms with Gasteiger partial charge in [0, 0.05) is 17.0 Å². The lowest BCUT2D eigenvalue weighted by atomic mass is 9.82. The van der Waals surface area contributed by atoms with Crippen molar-refractivity contribution in [1.29, 1.82) is 0 Å². The molecule has 3 aromatic rings. The highest BCUT2D eigenvalue weighted by Crippen LogP contribution is 2.77. The predicted octanol–water partition coefficient (Wildman–Crippen LogP) is 6.07. The molecule has 1 heterocycles. The van der Waals surface area contributed by atoms with Crippen LogP contribution in [0, 0.1) is 11.7 Å². The molecule has 1 saturated carbocycles. The Hall–Kier alpha value is -2.43. The van der Waals surface area contributed by atoms with Crippen LogP contribution < -0.4 is 14.2 Å². The van der Waals surface area contributed by atoms with Crippen molar-refractivity contribution in [3.8, 4) is 17.2 Å². The van der Waals surface area contributed by atoms with E-state index in [4.69, 9.17) is 37.4 Å². The van der Waals surface area contributed by atoms with Crippen LogP contribution in [0.1, 0.15) is 22.6 Å². The van der Waals surface area contributed by atoms with E-state index in [2.05, 4.69) is 0 Å². The first-order valence-electron chi connectivity index (χ1n) is 9.57. The molecule has 2 aliphatic rings. The summed E-state index contributed by atoms with van der Waals surface area (Å²) < 4.78 is 29.8. The van der Waals surface area contributed by atoms with Crippen molar-refractivity contribution in [2.24, 2.45) is 5.92 Å². The van der Waals surface area contributed by atoms with Gasteiger partial charge in [-0.3, -0.25) is 0 Å². The van der Waals surface area contributed by atoms with Crippen LogP contribution in [0.25, 0.3) is 0 Å². The first-order chi connectivity index (χ1) is 14.4. The molecule has 0 spiro atoms. The van der Waals surface area contributed by atoms with Crippen molar-refractivity contribution in [3.05, 3.63) is 89.2 Å². The topological polar surface area (TPSA) is 27.7 Å². The van der Waals surface area contributed by atoms with Gasteiger partial charge in [0.15, 0.2) is 21.4 Å². The quantitative estimate of drug-likeness (QED) is 0.457. The van der Waals surface area contributed by atoms with E-state index >= 15 is 0 Å². The van der Waals surface area contributed by atoms with Gasteiger partial charge in [-0.25, -0.2) is 4.39 Å². The third kappa shape index (κ3) is 2.57. The zero-order chi connectivity index (χ0) is 21.1. The van der Waals surface area contributed by atoms with Crippen molar-refractivity contribution in [2.45, 2.75) is 15.9 Å². The van der Waals surface area contributed by atoms with Crippen molar-refractivity contribution in [2.75, 3.05) is 14.2 Å². The fraction of sp³-hybridized carbons (Fsp3) is 0.250. The minimum absolute atomic E-state index is 0.154. The maximum Gasteiger partial charge on any atom is 0.174 e. The molecule has 0 bridgehead atoms. The average molecular weight is 445 g/mol. The number of halogens is 3. The molecule has 0 N–H and O–H groups in total. The fourth-order valence-electron chi connectivity index (χ4n) is 4.71. The molecule has 1 aliphatic heterocycles. The molecule has 30 heavy (non-hydrogen) atoms. The van der Waals surface area contributed by atoms with Gasteiger partial charge in [0.25, 0.3) is 0 Å². The summed E-state index contributed by atoms with van der Waals surface area (Å²) in [5.41, 5.74) is 1.75. The van der Waals surface area contributed by atoms with Gasteiger partial charge < -0.3 is 14.2 Å². The Bertz CT molecular complexity index is 1120. The Morgan fingerprint density at radius 2 is 1.60 bits per heavy atom. The summed E-state index contributed by atoms with van der Waals surface area (Å²) in [5.74, 6) is 1.17. The molecular formula is C24H19Cl2FO3. The summed E-state index contributed by atoms with van der Waals surface area (Å²) in [7, 11) is 3.16. The van der Waals surface area contributed by atoms with Gasteiger partial charge in [0.05, 0.1) is 20.1 Å². The van der Waals surface area contributed by atoms with E-state index in [1.165, 1.54) is 12.1 Å². The minimum Gasteiger partial charge on any atom is -0.493 e. The number of rotatable bonds is 4. The van der Waals surface area contributed by atoms with E-state index in [1.807, 2.05) is 42.5 Å². The molecule has 3 atom stereocenters. The van der Waals surface area contributed by atoms with Crippen molar-refractivity contribution in [3.63, 3.8) is 0 Å². The zero-order valence-corrected chi connectivity index (χ0v) is 17.9. The predicted molar refractivity (Wildman–Crippen MR) is 114 cm³/mol. The molecule has 3 nitrogen and oxygen atoms in total. The second kappa shape index (κ2) is 6.79. The van der Waals surface area contributed by atoms with Crippen LogP contribution in [0.3, 0.4) is 0 Å². The molecule has 1 aliphatic carbocycles. The normalized spacial score (nSPS) is 25.5. The second-order valence-electron chi connectivity index (χ2n) is 7.58. The van der Waals surface area contributed by atoms with Crippen LogP contribution in [0.5, 0.6) is 17.2 Å². The Kier molecular flexibility index (Phi) is 4.42. The van der Waals surface area contributed by atoms with Crippen LogP contribution in [-0.2, 0) is 5.60 Å². The molecule has 6 heteroatoms. The van der Waals surface area contributed by atoms with Crippen LogP contribution in [0.4, 0.5) is 4.39 Å². The smallest absolute Gasteiger partial charge is 0.174 e. The van der Waals surface area contributed by atoms with Gasteiger partial charge in [0.1, 0.15) is 11.6 Å². The summed E-state index contributed by atoms with van der Waals surface area (Å²) in [6.45, 7) is 0. The minimum atomic E-state index is -1.19. The molecule has 0 amide bonds. The highest BCUT2D eigenvalue weighted by Gasteiger charge is 2.83. The van der Waals surface area contributed by atoms with Gasteiger partial charge >= 0.3 is 0 Å². The number of hydrogen-bond acceptors (Lipinski definition) is 3. The molecule has 1 fully saturated rings. The van der Waals surface area contributed by atoms with E-state index in [0.29, 0.717) is 17.2 Å². The average Bonchev–Trinajstić information content (AvgIpc) is 3.27. The molecular weight excluding hydrogens is 426 g/mol. The standard InChI is InChI=1S/C24H19Cl2FO3/c1-28-19-12-9-15(13-20(19)29-2)23-22(24(23,25)26)21(14-7-10-16(27)11-8-14)17-5-3-4-6-18(17)30-23/h3-13,21-22H,1-2H3/t21-,22-,23-/m1/s1. The van der Waals surface area contributed by atoms with Gasteiger partial charge in [-0.05, 0) is 35.9 Å². The second-order valence-corrected chi connectivity index (χ2v) is 8.96. The number of hydrogen-bond donors (Lipinski definition) is 0. The largest absolute Gasteiger partial charge is 0.493 e. The molecule has 0 radical (unpaired) electrons. The number of alkyl halides is 2. The lowest BCUT2D eigenvalue weighted by Crippen LogP contribution is -2.29. The Morgan fingerprint density at radius 3 is 2.30 bits per heavy atom. The highest BCUT2D eigenvalue weighted by molar-refractivity contribution is 6.52. The third-order valence-corrected chi connectivity index (χ3v) is 7.17. The number of para-hydroxylation sites is 1. The highest BCUT2D eigenvalue weighted by atomic mass is 35.5. The van der Waals surface area contributed by atoms with Crippen molar-refractivity contribution >= 4 is 23.2 Å². The summed E-state index contributed by atoms with van der Waals surface area (Å²) >= 11 is 13.9. The Labute approximate surface area is 184 Å². The zero-order valence-electron chi connectivity index (χ0n) is 16.4. The van der Waals surface area contributed by atoms with Gasteiger partial charge in [0.2, 0.25) is 0 Å². The van der Waals surface area contributed by atoms with Gasteiger partial charge in [-0.15, -0.1) is 0 Å². The van der Waals surface area contributed by atoms with Crippen LogP contribution in [0.15, 0.2) is 66.7 Å². The van der Waals surface area contributed by atoms with E-state index < -0.39 is 9.93 Å². The number of fused-ring (bicyclic) bond motifs is 2. The van der Waals surface area contributed by atoms with E-state index in [9.17, 15) is 4.39 Å². The Morgan fingerprint density at radius 1 is 0.900 bits per heavy atom. The number of ether oxygens (including phenoxy) is 3. The summed E-state index contributed by atoms with van der Waals surface area (Å²) in [5, 5.41) is 0. The van der Waals surface area contributed by atoms with E-state index in [-0.39, 0.29) is 17.7 Å². The first kappa shape index (κ1) is 19.5. The fourth-order valence-corrected chi connectivity index (χ4v) is 5.69.